The van der Waals surface area contributed by atoms with Crippen LogP contribution < -0.4 is 0 Å². The molecule has 1 saturated heterocycles. The molecule has 0 spiro atoms. The number of rotatable bonds is 2. The second kappa shape index (κ2) is 7.55. The van der Waals surface area contributed by atoms with Gasteiger partial charge in [0.05, 0.1) is 17.6 Å². The summed E-state index contributed by atoms with van der Waals surface area (Å²) < 4.78 is 54.9. The molecule has 156 valence electrons. The number of aromatic nitrogens is 3. The molecule has 1 fully saturated rings. The number of carbonyl (C=O) groups excluding carboxylic acids is 1. The van der Waals surface area contributed by atoms with Gasteiger partial charge in [-0.15, -0.1) is 10.2 Å². The number of nitriles is 1. The van der Waals surface area contributed by atoms with E-state index in [4.69, 9.17) is 5.26 Å². The average Bonchev–Trinajstić information content (AvgIpc) is 3.16. The fourth-order valence-corrected chi connectivity index (χ4v) is 3.99. The number of allylic oxidation sites excluding steroid dienone is 1. The lowest BCUT2D eigenvalue weighted by atomic mass is 9.86. The number of hydrogen-bond acceptors (Lipinski definition) is 4. The van der Waals surface area contributed by atoms with Gasteiger partial charge in [-0.1, -0.05) is 12.1 Å². The second-order valence-electron chi connectivity index (χ2n) is 7.38. The van der Waals surface area contributed by atoms with Crippen molar-refractivity contribution in [2.75, 3.05) is 13.1 Å². The molecule has 0 N–H and O–H groups in total. The molecule has 30 heavy (non-hydrogen) atoms. The predicted octanol–water partition coefficient (Wildman–Crippen LogP) is 3.62. The molecule has 4 rings (SSSR count). The van der Waals surface area contributed by atoms with Crippen LogP contribution in [0, 0.1) is 23.1 Å². The summed E-state index contributed by atoms with van der Waals surface area (Å²) in [5.41, 5.74) is -0.911. The Morgan fingerprint density at radius 3 is 2.60 bits per heavy atom. The van der Waals surface area contributed by atoms with Gasteiger partial charge >= 0.3 is 6.18 Å². The third-order valence-electron chi connectivity index (χ3n) is 5.54. The monoisotopic (exact) mass is 419 g/mol. The van der Waals surface area contributed by atoms with Gasteiger partial charge in [-0.05, 0) is 42.5 Å². The zero-order chi connectivity index (χ0) is 21.5. The van der Waals surface area contributed by atoms with E-state index in [2.05, 4.69) is 16.3 Å². The van der Waals surface area contributed by atoms with Crippen molar-refractivity contribution in [1.82, 2.24) is 19.7 Å². The van der Waals surface area contributed by atoms with Crippen molar-refractivity contribution in [1.29, 1.82) is 5.26 Å². The minimum Gasteiger partial charge on any atom is -0.336 e. The number of piperidine rings is 1. The highest BCUT2D eigenvalue weighted by Gasteiger charge is 2.37. The van der Waals surface area contributed by atoms with Crippen molar-refractivity contribution in [3.8, 4) is 6.07 Å². The third kappa shape index (κ3) is 3.67. The lowest BCUT2D eigenvalue weighted by Crippen LogP contribution is -2.39. The summed E-state index contributed by atoms with van der Waals surface area (Å²) in [7, 11) is 0. The van der Waals surface area contributed by atoms with Crippen LogP contribution in [0.2, 0.25) is 0 Å². The lowest BCUT2D eigenvalue weighted by molar-refractivity contribution is -0.138. The molecule has 1 aromatic carbocycles. The van der Waals surface area contributed by atoms with Crippen molar-refractivity contribution in [3.05, 3.63) is 52.9 Å². The van der Waals surface area contributed by atoms with Crippen LogP contribution in [0.5, 0.6) is 0 Å². The zero-order valence-electron chi connectivity index (χ0n) is 15.7. The molecular formula is C20H17F4N5O. The van der Waals surface area contributed by atoms with Gasteiger partial charge in [0.15, 0.2) is 5.82 Å². The van der Waals surface area contributed by atoms with E-state index in [0.29, 0.717) is 24.7 Å². The van der Waals surface area contributed by atoms with E-state index < -0.39 is 23.5 Å². The molecule has 0 bridgehead atoms. The number of fused-ring (bicyclic) bond motifs is 1. The number of benzene rings is 1. The van der Waals surface area contributed by atoms with Crippen LogP contribution in [-0.2, 0) is 12.7 Å². The molecule has 0 radical (unpaired) electrons. The molecule has 0 aliphatic carbocycles. The van der Waals surface area contributed by atoms with Crippen molar-refractivity contribution in [2.45, 2.75) is 31.5 Å². The van der Waals surface area contributed by atoms with Gasteiger partial charge in [0.25, 0.3) is 5.91 Å². The number of halogens is 4. The molecule has 0 saturated carbocycles. The second-order valence-corrected chi connectivity index (χ2v) is 7.38. The highest BCUT2D eigenvalue weighted by atomic mass is 19.4. The maximum Gasteiger partial charge on any atom is 0.416 e. The maximum atomic E-state index is 13.4. The molecule has 1 unspecified atom stereocenters. The first-order valence-corrected chi connectivity index (χ1v) is 9.45. The van der Waals surface area contributed by atoms with Crippen molar-refractivity contribution in [2.24, 2.45) is 5.92 Å². The van der Waals surface area contributed by atoms with Gasteiger partial charge < -0.3 is 9.47 Å². The van der Waals surface area contributed by atoms with Gasteiger partial charge in [0, 0.05) is 19.6 Å². The smallest absolute Gasteiger partial charge is 0.336 e. The normalized spacial score (nSPS) is 19.4. The predicted molar refractivity (Wildman–Crippen MR) is 97.4 cm³/mol. The first-order chi connectivity index (χ1) is 14.3. The van der Waals surface area contributed by atoms with E-state index in [1.165, 1.54) is 11.0 Å². The van der Waals surface area contributed by atoms with Crippen LogP contribution in [0.1, 0.15) is 46.3 Å². The fourth-order valence-electron chi connectivity index (χ4n) is 3.99. The minimum atomic E-state index is -4.64. The molecule has 3 heterocycles. The number of hydrogen-bond donors (Lipinski definition) is 0. The molecule has 10 heteroatoms. The highest BCUT2D eigenvalue weighted by Crippen LogP contribution is 2.39. The van der Waals surface area contributed by atoms with Gasteiger partial charge in [-0.2, -0.15) is 18.4 Å². The SMILES string of the molecule is N#CC1C=Cc2nnc(C(=O)N3CCC(c4ccc(F)cc4C(F)(F)F)CC3)n2C1. The Balaban J connectivity index is 1.49. The fraction of sp³-hybridized carbons (Fsp3) is 0.400. The maximum absolute atomic E-state index is 13.4. The average molecular weight is 419 g/mol. The summed E-state index contributed by atoms with van der Waals surface area (Å²) >= 11 is 0. The topological polar surface area (TPSA) is 74.8 Å². The molecule has 6 nitrogen and oxygen atoms in total. The standard InChI is InChI=1S/C20H17F4N5O/c21-14-2-3-15(16(9-14)20(22,23)24)13-5-7-28(8-6-13)19(30)18-27-26-17-4-1-12(10-25)11-29(17)18/h1-4,9,12-13H,5-8,11H2. The Bertz CT molecular complexity index is 1040. The largest absolute Gasteiger partial charge is 0.416 e. The van der Waals surface area contributed by atoms with E-state index in [0.717, 1.165) is 6.07 Å². The summed E-state index contributed by atoms with van der Waals surface area (Å²) in [6.07, 6.45) is -0.661. The lowest BCUT2D eigenvalue weighted by Gasteiger charge is -2.33. The molecule has 2 aromatic rings. The quantitative estimate of drug-likeness (QED) is 0.697. The van der Waals surface area contributed by atoms with Crippen molar-refractivity contribution in [3.63, 3.8) is 0 Å². The van der Waals surface area contributed by atoms with Gasteiger partial charge in [0.2, 0.25) is 5.82 Å². The zero-order valence-corrected chi connectivity index (χ0v) is 15.7. The van der Waals surface area contributed by atoms with Crippen LogP contribution in [0.3, 0.4) is 0 Å². The summed E-state index contributed by atoms with van der Waals surface area (Å²) in [6.45, 7) is 0.771. The van der Waals surface area contributed by atoms with Crippen LogP contribution >= 0.6 is 0 Å². The number of carbonyl (C=O) groups is 1. The van der Waals surface area contributed by atoms with Gasteiger partial charge in [-0.25, -0.2) is 4.39 Å². The Kier molecular flexibility index (Phi) is 5.05. The molecule has 1 aromatic heterocycles. The molecule has 2 aliphatic heterocycles. The van der Waals surface area contributed by atoms with E-state index in [-0.39, 0.29) is 42.8 Å². The summed E-state index contributed by atoms with van der Waals surface area (Å²) in [5, 5.41) is 17.0. The first kappa shape index (κ1) is 20.1. The van der Waals surface area contributed by atoms with Crippen LogP contribution in [-0.4, -0.2) is 38.7 Å². The number of nitrogens with zero attached hydrogens (tertiary/aromatic N) is 5. The summed E-state index contributed by atoms with van der Waals surface area (Å²) in [5.74, 6) is -1.50. The molecule has 1 amide bonds. The van der Waals surface area contributed by atoms with Crippen LogP contribution in [0.15, 0.2) is 24.3 Å². The molecule has 1 atom stereocenters. The number of alkyl halides is 3. The van der Waals surface area contributed by atoms with Crippen molar-refractivity contribution >= 4 is 12.0 Å². The first-order valence-electron chi connectivity index (χ1n) is 9.45. The molecule has 2 aliphatic rings. The van der Waals surface area contributed by atoms with Crippen LogP contribution in [0.4, 0.5) is 17.6 Å². The van der Waals surface area contributed by atoms with E-state index in [1.54, 1.807) is 16.7 Å². The Morgan fingerprint density at radius 2 is 1.93 bits per heavy atom. The number of amides is 1. The van der Waals surface area contributed by atoms with E-state index in [1.807, 2.05) is 0 Å². The summed E-state index contributed by atoms with van der Waals surface area (Å²) in [4.78, 5) is 14.4. The van der Waals surface area contributed by atoms with E-state index >= 15 is 0 Å². The van der Waals surface area contributed by atoms with Crippen LogP contribution in [0.25, 0.3) is 6.08 Å². The Morgan fingerprint density at radius 1 is 1.20 bits per heavy atom. The number of likely N-dealkylation sites (tertiary alicyclic amines) is 1. The van der Waals surface area contributed by atoms with Gasteiger partial charge in [0.1, 0.15) is 5.82 Å². The Hall–Kier alpha value is -3.22. The minimum absolute atomic E-state index is 0.0536. The van der Waals surface area contributed by atoms with Gasteiger partial charge in [-0.3, -0.25) is 4.79 Å². The van der Waals surface area contributed by atoms with Crippen molar-refractivity contribution < 1.29 is 22.4 Å². The molecular weight excluding hydrogens is 402 g/mol. The Labute approximate surface area is 169 Å². The summed E-state index contributed by atoms with van der Waals surface area (Å²) in [6, 6.07) is 4.86. The van der Waals surface area contributed by atoms with E-state index in [9.17, 15) is 22.4 Å². The highest BCUT2D eigenvalue weighted by molar-refractivity contribution is 5.91. The third-order valence-corrected chi connectivity index (χ3v) is 5.54.